The van der Waals surface area contributed by atoms with Crippen LogP contribution >= 0.6 is 11.6 Å². The second kappa shape index (κ2) is 6.21. The van der Waals surface area contributed by atoms with Crippen molar-refractivity contribution in [1.82, 2.24) is 0 Å². The maximum absolute atomic E-state index is 9.01. The number of rotatable bonds is 3. The molecular weight excluding hydrogens is 258 g/mol. The summed E-state index contributed by atoms with van der Waals surface area (Å²) < 4.78 is 0. The van der Waals surface area contributed by atoms with Gasteiger partial charge in [0.1, 0.15) is 0 Å². The molecule has 96 valence electrons. The molecule has 0 aromatic heterocycles. The molecule has 0 unspecified atom stereocenters. The van der Waals surface area contributed by atoms with Gasteiger partial charge in [0.2, 0.25) is 0 Å². The lowest BCUT2D eigenvalue weighted by molar-refractivity contribution is 0.319. The summed E-state index contributed by atoms with van der Waals surface area (Å²) in [5, 5.41) is 13.0. The van der Waals surface area contributed by atoms with Crippen LogP contribution in [0.1, 0.15) is 18.1 Å². The highest BCUT2D eigenvalue weighted by atomic mass is 35.5. The Labute approximate surface area is 117 Å². The molecule has 2 aromatic rings. The van der Waals surface area contributed by atoms with Crippen molar-refractivity contribution in [2.75, 3.05) is 0 Å². The smallest absolute Gasteiger partial charge is 0.0843 e. The third-order valence-electron chi connectivity index (χ3n) is 2.81. The molecule has 0 aliphatic heterocycles. The van der Waals surface area contributed by atoms with Crippen molar-refractivity contribution in [3.8, 4) is 0 Å². The Morgan fingerprint density at radius 1 is 1.05 bits per heavy atom. The summed E-state index contributed by atoms with van der Waals surface area (Å²) in [4.78, 5) is 0. The van der Waals surface area contributed by atoms with Crippen molar-refractivity contribution in [3.63, 3.8) is 0 Å². The second-order valence-corrected chi connectivity index (χ2v) is 4.60. The fourth-order valence-corrected chi connectivity index (χ4v) is 1.92. The Morgan fingerprint density at radius 2 is 1.68 bits per heavy atom. The molecule has 0 saturated heterocycles. The van der Waals surface area contributed by atoms with Crippen molar-refractivity contribution in [3.05, 3.63) is 70.7 Å². The second-order valence-electron chi connectivity index (χ2n) is 4.16. The van der Waals surface area contributed by atoms with Gasteiger partial charge >= 0.3 is 0 Å². The van der Waals surface area contributed by atoms with Crippen LogP contribution in [0.25, 0.3) is 11.6 Å². The topological polar surface area (TPSA) is 32.6 Å². The van der Waals surface area contributed by atoms with Gasteiger partial charge in [-0.05, 0) is 36.3 Å². The molecule has 0 heterocycles. The first-order valence-corrected chi connectivity index (χ1v) is 6.30. The molecule has 0 aliphatic carbocycles. The molecule has 0 amide bonds. The van der Waals surface area contributed by atoms with Crippen LogP contribution < -0.4 is 0 Å². The van der Waals surface area contributed by atoms with Gasteiger partial charge in [-0.1, -0.05) is 59.2 Å². The summed E-state index contributed by atoms with van der Waals surface area (Å²) >= 11 is 5.87. The summed E-state index contributed by atoms with van der Waals surface area (Å²) in [7, 11) is 0. The zero-order chi connectivity index (χ0) is 13.7. The van der Waals surface area contributed by atoms with Crippen molar-refractivity contribution in [1.29, 1.82) is 0 Å². The monoisotopic (exact) mass is 271 g/mol. The molecule has 2 aromatic carbocycles. The highest BCUT2D eigenvalue weighted by Crippen LogP contribution is 2.21. The summed E-state index contributed by atoms with van der Waals surface area (Å²) in [6.07, 6.45) is 1.97. The zero-order valence-corrected chi connectivity index (χ0v) is 11.3. The van der Waals surface area contributed by atoms with Gasteiger partial charge < -0.3 is 5.21 Å². The van der Waals surface area contributed by atoms with Crippen LogP contribution in [0.2, 0.25) is 5.02 Å². The Morgan fingerprint density at radius 3 is 2.26 bits per heavy atom. The highest BCUT2D eigenvalue weighted by molar-refractivity contribution is 6.30. The van der Waals surface area contributed by atoms with E-state index in [0.29, 0.717) is 10.7 Å². The van der Waals surface area contributed by atoms with Crippen LogP contribution in [0.4, 0.5) is 0 Å². The molecule has 0 saturated carbocycles. The molecular formula is C16H14ClNO. The van der Waals surface area contributed by atoms with E-state index in [0.717, 1.165) is 16.7 Å². The van der Waals surface area contributed by atoms with E-state index >= 15 is 0 Å². The molecule has 2 rings (SSSR count). The zero-order valence-electron chi connectivity index (χ0n) is 10.5. The normalized spacial score (nSPS) is 12.5. The number of nitrogens with zero attached hydrogens (tertiary/aromatic N) is 1. The maximum atomic E-state index is 9.01. The number of oxime groups is 1. The predicted molar refractivity (Wildman–Crippen MR) is 80.7 cm³/mol. The molecule has 19 heavy (non-hydrogen) atoms. The highest BCUT2D eigenvalue weighted by Gasteiger charge is 2.05. The van der Waals surface area contributed by atoms with Crippen LogP contribution in [0.3, 0.4) is 0 Å². The molecule has 3 heteroatoms. The molecule has 2 nitrogen and oxygen atoms in total. The molecule has 0 bridgehead atoms. The Hall–Kier alpha value is -2.06. The van der Waals surface area contributed by atoms with E-state index in [1.165, 1.54) is 0 Å². The molecule has 0 radical (unpaired) electrons. The van der Waals surface area contributed by atoms with Gasteiger partial charge in [-0.25, -0.2) is 0 Å². The summed E-state index contributed by atoms with van der Waals surface area (Å²) in [5.41, 5.74) is 3.46. The molecule has 0 atom stereocenters. The predicted octanol–water partition coefficient (Wildman–Crippen LogP) is 4.73. The van der Waals surface area contributed by atoms with Crippen molar-refractivity contribution < 1.29 is 5.21 Å². The maximum Gasteiger partial charge on any atom is 0.0843 e. The van der Waals surface area contributed by atoms with Crippen LogP contribution in [-0.4, -0.2) is 10.9 Å². The van der Waals surface area contributed by atoms with E-state index in [4.69, 9.17) is 16.8 Å². The largest absolute Gasteiger partial charge is 0.411 e. The quantitative estimate of drug-likeness (QED) is 0.372. The minimum absolute atomic E-state index is 0.571. The number of benzene rings is 2. The summed E-state index contributed by atoms with van der Waals surface area (Å²) in [6.45, 7) is 1.77. The number of hydrogen-bond acceptors (Lipinski definition) is 2. The Balaban J connectivity index is 2.47. The summed E-state index contributed by atoms with van der Waals surface area (Å²) in [5.74, 6) is 0. The van der Waals surface area contributed by atoms with E-state index in [2.05, 4.69) is 5.16 Å². The average molecular weight is 272 g/mol. The van der Waals surface area contributed by atoms with E-state index in [9.17, 15) is 0 Å². The molecule has 0 spiro atoms. The van der Waals surface area contributed by atoms with Gasteiger partial charge in [-0.2, -0.15) is 0 Å². The van der Waals surface area contributed by atoms with Crippen molar-refractivity contribution in [2.24, 2.45) is 5.16 Å². The number of allylic oxidation sites excluding steroid dienone is 1. The SMILES string of the molecule is CC(=NO)C(=Cc1ccc(Cl)cc1)c1ccccc1. The van der Waals surface area contributed by atoms with E-state index in [1.54, 1.807) is 6.92 Å². The number of halogens is 1. The first-order valence-electron chi connectivity index (χ1n) is 5.92. The minimum Gasteiger partial charge on any atom is -0.411 e. The Bertz CT molecular complexity index is 600. The van der Waals surface area contributed by atoms with E-state index in [1.807, 2.05) is 60.7 Å². The van der Waals surface area contributed by atoms with Crippen LogP contribution in [0.15, 0.2) is 59.8 Å². The lowest BCUT2D eigenvalue weighted by Gasteiger charge is -2.06. The van der Waals surface area contributed by atoms with Crippen molar-refractivity contribution >= 4 is 29.0 Å². The van der Waals surface area contributed by atoms with Crippen LogP contribution in [-0.2, 0) is 0 Å². The summed E-state index contributed by atoms with van der Waals surface area (Å²) in [6, 6.07) is 17.3. The molecule has 0 fully saturated rings. The van der Waals surface area contributed by atoms with E-state index in [-0.39, 0.29) is 0 Å². The van der Waals surface area contributed by atoms with Gasteiger partial charge in [0.05, 0.1) is 5.71 Å². The van der Waals surface area contributed by atoms with Gasteiger partial charge in [0.15, 0.2) is 0 Å². The van der Waals surface area contributed by atoms with E-state index < -0.39 is 0 Å². The first kappa shape index (κ1) is 13.4. The standard InChI is InChI=1S/C16H14ClNO/c1-12(18-19)16(14-5-3-2-4-6-14)11-13-7-9-15(17)10-8-13/h2-11,19H,1H3. The fraction of sp³-hybridized carbons (Fsp3) is 0.0625. The average Bonchev–Trinajstić information content (AvgIpc) is 2.47. The lowest BCUT2D eigenvalue weighted by Crippen LogP contribution is -1.96. The minimum atomic E-state index is 0.571. The third-order valence-corrected chi connectivity index (χ3v) is 3.06. The lowest BCUT2D eigenvalue weighted by atomic mass is 9.99. The fourth-order valence-electron chi connectivity index (χ4n) is 1.79. The van der Waals surface area contributed by atoms with Gasteiger partial charge in [0, 0.05) is 10.6 Å². The molecule has 0 aliphatic rings. The van der Waals surface area contributed by atoms with Crippen molar-refractivity contribution in [2.45, 2.75) is 6.92 Å². The Kier molecular flexibility index (Phi) is 4.37. The van der Waals surface area contributed by atoms with Crippen LogP contribution in [0.5, 0.6) is 0 Å². The number of hydrogen-bond donors (Lipinski definition) is 1. The van der Waals surface area contributed by atoms with Crippen LogP contribution in [0, 0.1) is 0 Å². The van der Waals surface area contributed by atoms with Gasteiger partial charge in [-0.15, -0.1) is 0 Å². The first-order chi connectivity index (χ1) is 9.20. The van der Waals surface area contributed by atoms with Gasteiger partial charge in [0.25, 0.3) is 0 Å². The van der Waals surface area contributed by atoms with Gasteiger partial charge in [-0.3, -0.25) is 0 Å². The molecule has 1 N–H and O–H groups in total. The third kappa shape index (κ3) is 3.46.